The quantitative estimate of drug-likeness (QED) is 0.419. The van der Waals surface area contributed by atoms with Crippen molar-refractivity contribution in [3.8, 4) is 17.2 Å². The summed E-state index contributed by atoms with van der Waals surface area (Å²) in [5.41, 5.74) is 1.08. The Bertz CT molecular complexity index is 1250. The fraction of sp³-hybridized carbons (Fsp3) is 0.0455. The van der Waals surface area contributed by atoms with Crippen LogP contribution in [0, 0.1) is 0 Å². The lowest BCUT2D eigenvalue weighted by atomic mass is 10.1. The zero-order valence-electron chi connectivity index (χ0n) is 15.7. The molecule has 8 heteroatoms. The van der Waals surface area contributed by atoms with Crippen molar-refractivity contribution in [2.45, 2.75) is 4.90 Å². The molecule has 0 N–H and O–H groups in total. The topological polar surface area (TPSA) is 78.9 Å². The predicted octanol–water partition coefficient (Wildman–Crippen LogP) is 4.73. The van der Waals surface area contributed by atoms with Crippen LogP contribution >= 0.6 is 11.6 Å². The van der Waals surface area contributed by atoms with Gasteiger partial charge in [0.25, 0.3) is 0 Å². The van der Waals surface area contributed by atoms with E-state index in [0.29, 0.717) is 16.3 Å². The van der Waals surface area contributed by atoms with Crippen LogP contribution < -0.4 is 13.7 Å². The summed E-state index contributed by atoms with van der Waals surface area (Å²) >= 11 is 5.79. The number of halogens is 1. The van der Waals surface area contributed by atoms with Crippen molar-refractivity contribution in [2.24, 2.45) is 0 Å². The smallest absolute Gasteiger partial charge is 0.339 e. The normalized spacial score (nSPS) is 14.3. The summed E-state index contributed by atoms with van der Waals surface area (Å²) in [5, 5.41) is 0.412. The third-order valence-corrected chi connectivity index (χ3v) is 5.88. The zero-order chi connectivity index (χ0) is 21.3. The summed E-state index contributed by atoms with van der Waals surface area (Å²) in [6.07, 6.45) is 1.60. The number of ketones is 1. The Morgan fingerprint density at radius 1 is 0.933 bits per heavy atom. The largest absolute Gasteiger partial charge is 0.497 e. The van der Waals surface area contributed by atoms with Gasteiger partial charge in [-0.3, -0.25) is 4.79 Å². The predicted molar refractivity (Wildman–Crippen MR) is 112 cm³/mol. The average molecular weight is 443 g/mol. The molecule has 3 aromatic carbocycles. The van der Waals surface area contributed by atoms with Gasteiger partial charge in [0.2, 0.25) is 5.78 Å². The minimum Gasteiger partial charge on any atom is -0.497 e. The molecular weight excluding hydrogens is 428 g/mol. The SMILES string of the molecule is COc1ccc(/C=C2\Oc3cc(OS(=O)(=O)c4ccc(Cl)cc4)ccc3C2=O)cc1. The van der Waals surface area contributed by atoms with Gasteiger partial charge < -0.3 is 13.7 Å². The van der Waals surface area contributed by atoms with Gasteiger partial charge in [-0.05, 0) is 60.2 Å². The van der Waals surface area contributed by atoms with E-state index in [-0.39, 0.29) is 27.9 Å². The summed E-state index contributed by atoms with van der Waals surface area (Å²) in [7, 11) is -2.49. The fourth-order valence-corrected chi connectivity index (χ4v) is 3.90. The van der Waals surface area contributed by atoms with Crippen LogP contribution in [-0.4, -0.2) is 21.3 Å². The Morgan fingerprint density at radius 2 is 1.60 bits per heavy atom. The molecule has 0 aromatic heterocycles. The number of allylic oxidation sites excluding steroid dienone is 1. The molecule has 0 atom stereocenters. The Balaban J connectivity index is 1.57. The minimum atomic E-state index is -4.06. The molecule has 0 saturated heterocycles. The maximum absolute atomic E-state index is 12.6. The highest BCUT2D eigenvalue weighted by Gasteiger charge is 2.28. The monoisotopic (exact) mass is 442 g/mol. The molecule has 1 aliphatic heterocycles. The molecule has 1 heterocycles. The molecule has 1 aliphatic rings. The van der Waals surface area contributed by atoms with Gasteiger partial charge in [0, 0.05) is 11.1 Å². The van der Waals surface area contributed by atoms with Crippen molar-refractivity contribution in [2.75, 3.05) is 7.11 Å². The number of rotatable bonds is 5. The van der Waals surface area contributed by atoms with E-state index in [1.165, 1.54) is 42.5 Å². The lowest BCUT2D eigenvalue weighted by Gasteiger charge is -2.08. The first kappa shape index (κ1) is 20.0. The average Bonchev–Trinajstić information content (AvgIpc) is 3.03. The second-order valence-corrected chi connectivity index (χ2v) is 8.35. The van der Waals surface area contributed by atoms with Gasteiger partial charge in [0.05, 0.1) is 12.7 Å². The lowest BCUT2D eigenvalue weighted by Crippen LogP contribution is -2.09. The van der Waals surface area contributed by atoms with E-state index in [0.717, 1.165) is 5.56 Å². The molecule has 0 spiro atoms. The Kier molecular flexibility index (Phi) is 5.24. The summed E-state index contributed by atoms with van der Waals surface area (Å²) < 4.78 is 40.8. The summed E-state index contributed by atoms with van der Waals surface area (Å²) in [5.74, 6) is 0.786. The molecular formula is C22H15ClO6S. The van der Waals surface area contributed by atoms with Crippen molar-refractivity contribution < 1.29 is 26.9 Å². The summed E-state index contributed by atoms with van der Waals surface area (Å²) in [6.45, 7) is 0. The minimum absolute atomic E-state index is 0.0298. The number of carbonyl (C=O) groups excluding carboxylic acids is 1. The van der Waals surface area contributed by atoms with E-state index in [4.69, 9.17) is 25.3 Å². The molecule has 0 bridgehead atoms. The van der Waals surface area contributed by atoms with Crippen molar-refractivity contribution in [1.82, 2.24) is 0 Å². The number of fused-ring (bicyclic) bond motifs is 1. The molecule has 0 radical (unpaired) electrons. The van der Waals surface area contributed by atoms with Crippen LogP contribution in [0.2, 0.25) is 5.02 Å². The molecule has 3 aromatic rings. The third-order valence-electron chi connectivity index (χ3n) is 4.36. The highest BCUT2D eigenvalue weighted by Crippen LogP contribution is 2.35. The Morgan fingerprint density at radius 3 is 2.27 bits per heavy atom. The Hall–Kier alpha value is -3.29. The number of benzene rings is 3. The standard InChI is InChI=1S/C22H15ClO6S/c1-27-16-6-2-14(3-7-16)12-21-22(24)19-11-8-17(13-20(19)28-21)29-30(25,26)18-9-4-15(23)5-10-18/h2-13H,1H3/b21-12-. The summed E-state index contributed by atoms with van der Waals surface area (Å²) in [6, 6.07) is 17.0. The van der Waals surface area contributed by atoms with Crippen LogP contribution in [0.3, 0.4) is 0 Å². The number of hydrogen-bond donors (Lipinski definition) is 0. The van der Waals surface area contributed by atoms with Gasteiger partial charge in [-0.15, -0.1) is 0 Å². The fourth-order valence-electron chi connectivity index (χ4n) is 2.85. The van der Waals surface area contributed by atoms with Gasteiger partial charge >= 0.3 is 10.1 Å². The number of methoxy groups -OCH3 is 1. The maximum atomic E-state index is 12.6. The van der Waals surface area contributed by atoms with Gasteiger partial charge in [-0.2, -0.15) is 8.42 Å². The lowest BCUT2D eigenvalue weighted by molar-refractivity contribution is 0.101. The highest BCUT2D eigenvalue weighted by molar-refractivity contribution is 7.87. The van der Waals surface area contributed by atoms with Crippen LogP contribution in [0.15, 0.2) is 77.4 Å². The van der Waals surface area contributed by atoms with E-state index in [9.17, 15) is 13.2 Å². The molecule has 4 rings (SSSR count). The molecule has 0 amide bonds. The first-order valence-electron chi connectivity index (χ1n) is 8.78. The van der Waals surface area contributed by atoms with Crippen molar-refractivity contribution in [1.29, 1.82) is 0 Å². The van der Waals surface area contributed by atoms with E-state index in [1.54, 1.807) is 37.5 Å². The van der Waals surface area contributed by atoms with E-state index in [1.807, 2.05) is 0 Å². The molecule has 6 nitrogen and oxygen atoms in total. The van der Waals surface area contributed by atoms with Gasteiger partial charge in [-0.1, -0.05) is 23.7 Å². The van der Waals surface area contributed by atoms with Crippen LogP contribution in [0.25, 0.3) is 6.08 Å². The second kappa shape index (κ2) is 7.85. The van der Waals surface area contributed by atoms with Gasteiger partial charge in [0.1, 0.15) is 22.1 Å². The second-order valence-electron chi connectivity index (χ2n) is 6.36. The van der Waals surface area contributed by atoms with Crippen LogP contribution in [0.4, 0.5) is 0 Å². The highest BCUT2D eigenvalue weighted by atomic mass is 35.5. The van der Waals surface area contributed by atoms with Crippen LogP contribution in [0.1, 0.15) is 15.9 Å². The van der Waals surface area contributed by atoms with Crippen molar-refractivity contribution in [3.63, 3.8) is 0 Å². The molecule has 0 fully saturated rings. The maximum Gasteiger partial charge on any atom is 0.339 e. The summed E-state index contributed by atoms with van der Waals surface area (Å²) in [4.78, 5) is 12.5. The number of Topliss-reactive ketones (excluding diaryl/α,β-unsaturated/α-hetero) is 1. The number of carbonyl (C=O) groups is 1. The van der Waals surface area contributed by atoms with E-state index in [2.05, 4.69) is 0 Å². The third kappa shape index (κ3) is 4.03. The van der Waals surface area contributed by atoms with Gasteiger partial charge in [-0.25, -0.2) is 0 Å². The van der Waals surface area contributed by atoms with Crippen molar-refractivity contribution >= 4 is 33.6 Å². The first-order valence-corrected chi connectivity index (χ1v) is 10.6. The molecule has 0 aliphatic carbocycles. The van der Waals surface area contributed by atoms with Crippen molar-refractivity contribution in [3.05, 3.63) is 88.6 Å². The zero-order valence-corrected chi connectivity index (χ0v) is 17.2. The van der Waals surface area contributed by atoms with E-state index >= 15 is 0 Å². The molecule has 0 unspecified atom stereocenters. The van der Waals surface area contributed by atoms with Crippen LogP contribution in [-0.2, 0) is 10.1 Å². The first-order chi connectivity index (χ1) is 14.4. The van der Waals surface area contributed by atoms with Crippen LogP contribution in [0.5, 0.6) is 17.2 Å². The van der Waals surface area contributed by atoms with E-state index < -0.39 is 10.1 Å². The van der Waals surface area contributed by atoms with Gasteiger partial charge in [0.15, 0.2) is 5.76 Å². The molecule has 0 saturated carbocycles. The number of ether oxygens (including phenoxy) is 2. The molecule has 152 valence electrons. The Labute approximate surface area is 178 Å². The number of hydrogen-bond acceptors (Lipinski definition) is 6. The molecule has 30 heavy (non-hydrogen) atoms.